The highest BCUT2D eigenvalue weighted by Gasteiger charge is 2.29. The molecule has 1 aromatic heterocycles. The van der Waals surface area contributed by atoms with Gasteiger partial charge in [0.25, 0.3) is 5.91 Å². The van der Waals surface area contributed by atoms with E-state index in [2.05, 4.69) is 9.68 Å². The van der Waals surface area contributed by atoms with Crippen LogP contribution in [0.25, 0.3) is 0 Å². The van der Waals surface area contributed by atoms with Gasteiger partial charge in [0.2, 0.25) is 17.6 Å². The van der Waals surface area contributed by atoms with Gasteiger partial charge in [0.15, 0.2) is 5.69 Å². The molecule has 18 heavy (non-hydrogen) atoms. The number of carbonyl (C=O) groups excluding carboxylic acids is 3. The summed E-state index contributed by atoms with van der Waals surface area (Å²) in [4.78, 5) is 45.4. The quantitative estimate of drug-likeness (QED) is 0.611. The van der Waals surface area contributed by atoms with E-state index in [0.29, 0.717) is 0 Å². The SMILES string of the molecule is O=C1CN(C(=O)c2cc(C(=O)O)on2)CC(=O)N1. The average molecular weight is 253 g/mol. The topological polar surface area (TPSA) is 130 Å². The number of nitrogens with zero attached hydrogens (tertiary/aromatic N) is 2. The Morgan fingerprint density at radius 1 is 1.33 bits per heavy atom. The molecule has 0 aromatic carbocycles. The van der Waals surface area contributed by atoms with E-state index < -0.39 is 29.5 Å². The molecule has 1 saturated heterocycles. The Hall–Kier alpha value is -2.71. The molecule has 0 radical (unpaired) electrons. The van der Waals surface area contributed by atoms with Crippen molar-refractivity contribution in [3.8, 4) is 0 Å². The third-order valence-corrected chi connectivity index (χ3v) is 2.18. The second kappa shape index (κ2) is 4.28. The van der Waals surface area contributed by atoms with Crippen LogP contribution in [-0.2, 0) is 9.59 Å². The smallest absolute Gasteiger partial charge is 0.374 e. The van der Waals surface area contributed by atoms with Crippen molar-refractivity contribution in [3.05, 3.63) is 17.5 Å². The van der Waals surface area contributed by atoms with E-state index in [4.69, 9.17) is 5.11 Å². The molecule has 2 N–H and O–H groups in total. The standard InChI is InChI=1S/C9H7N3O6/c13-6-2-12(3-7(14)10-6)8(15)4-1-5(9(16)17)18-11-4/h1H,2-3H2,(H,16,17)(H,10,13,14). The predicted octanol–water partition coefficient (Wildman–Crippen LogP) is -1.53. The lowest BCUT2D eigenvalue weighted by Gasteiger charge is -2.24. The van der Waals surface area contributed by atoms with Gasteiger partial charge in [-0.05, 0) is 0 Å². The molecule has 0 saturated carbocycles. The summed E-state index contributed by atoms with van der Waals surface area (Å²) < 4.78 is 4.41. The predicted molar refractivity (Wildman–Crippen MR) is 52.5 cm³/mol. The summed E-state index contributed by atoms with van der Waals surface area (Å²) in [6, 6.07) is 0.932. The molecule has 2 rings (SSSR count). The molecule has 0 spiro atoms. The van der Waals surface area contributed by atoms with E-state index >= 15 is 0 Å². The van der Waals surface area contributed by atoms with Crippen LogP contribution in [0.2, 0.25) is 0 Å². The lowest BCUT2D eigenvalue weighted by molar-refractivity contribution is -0.135. The van der Waals surface area contributed by atoms with Gasteiger partial charge in [-0.1, -0.05) is 5.16 Å². The van der Waals surface area contributed by atoms with Crippen molar-refractivity contribution in [1.29, 1.82) is 0 Å². The fourth-order valence-electron chi connectivity index (χ4n) is 1.42. The highest BCUT2D eigenvalue weighted by molar-refractivity contribution is 6.05. The Bertz CT molecular complexity index is 532. The molecule has 0 unspecified atom stereocenters. The van der Waals surface area contributed by atoms with E-state index in [-0.39, 0.29) is 18.8 Å². The van der Waals surface area contributed by atoms with E-state index in [1.807, 2.05) is 5.32 Å². The first-order chi connectivity index (χ1) is 8.47. The van der Waals surface area contributed by atoms with E-state index in [9.17, 15) is 19.2 Å². The van der Waals surface area contributed by atoms with Gasteiger partial charge in [0.05, 0.1) is 0 Å². The lowest BCUT2D eigenvalue weighted by Crippen LogP contribution is -2.53. The van der Waals surface area contributed by atoms with Crippen LogP contribution >= 0.6 is 0 Å². The number of nitrogens with one attached hydrogen (secondary N) is 1. The Kier molecular flexibility index (Phi) is 2.80. The van der Waals surface area contributed by atoms with Crippen molar-refractivity contribution >= 4 is 23.7 Å². The summed E-state index contributed by atoms with van der Waals surface area (Å²) in [6.07, 6.45) is 0. The highest BCUT2D eigenvalue weighted by Crippen LogP contribution is 2.08. The third kappa shape index (κ3) is 2.19. The van der Waals surface area contributed by atoms with Gasteiger partial charge in [-0.15, -0.1) is 0 Å². The van der Waals surface area contributed by atoms with E-state index in [1.54, 1.807) is 0 Å². The van der Waals surface area contributed by atoms with Gasteiger partial charge in [-0.25, -0.2) is 4.79 Å². The number of rotatable bonds is 2. The monoisotopic (exact) mass is 253 g/mol. The minimum Gasteiger partial charge on any atom is -0.475 e. The van der Waals surface area contributed by atoms with Gasteiger partial charge in [-0.3, -0.25) is 19.7 Å². The fourth-order valence-corrected chi connectivity index (χ4v) is 1.42. The number of carbonyl (C=O) groups is 4. The number of imide groups is 1. The van der Waals surface area contributed by atoms with Crippen LogP contribution in [0.4, 0.5) is 0 Å². The lowest BCUT2D eigenvalue weighted by atomic mass is 10.3. The summed E-state index contributed by atoms with van der Waals surface area (Å²) in [5, 5.41) is 13.9. The summed E-state index contributed by atoms with van der Waals surface area (Å²) >= 11 is 0. The van der Waals surface area contributed by atoms with Crippen LogP contribution in [-0.4, -0.2) is 51.9 Å². The molecule has 0 aliphatic carbocycles. The van der Waals surface area contributed by atoms with Crippen LogP contribution in [0.1, 0.15) is 21.0 Å². The molecule has 1 fully saturated rings. The first-order valence-electron chi connectivity index (χ1n) is 4.79. The Labute approximate surface area is 99.3 Å². The zero-order valence-corrected chi connectivity index (χ0v) is 8.87. The number of carboxylic acid groups (broad SMARTS) is 1. The largest absolute Gasteiger partial charge is 0.475 e. The maximum atomic E-state index is 11.8. The Morgan fingerprint density at radius 3 is 2.44 bits per heavy atom. The van der Waals surface area contributed by atoms with Crippen molar-refractivity contribution in [2.75, 3.05) is 13.1 Å². The number of piperazine rings is 1. The van der Waals surface area contributed by atoms with Gasteiger partial charge in [0.1, 0.15) is 13.1 Å². The van der Waals surface area contributed by atoms with Crippen LogP contribution in [0, 0.1) is 0 Å². The van der Waals surface area contributed by atoms with Crippen molar-refractivity contribution in [3.63, 3.8) is 0 Å². The number of carboxylic acids is 1. The van der Waals surface area contributed by atoms with Crippen molar-refractivity contribution in [2.45, 2.75) is 0 Å². The summed E-state index contributed by atoms with van der Waals surface area (Å²) in [5.74, 6) is -3.82. The van der Waals surface area contributed by atoms with Gasteiger partial charge in [-0.2, -0.15) is 0 Å². The molecule has 9 heteroatoms. The van der Waals surface area contributed by atoms with E-state index in [0.717, 1.165) is 11.0 Å². The fraction of sp³-hybridized carbons (Fsp3) is 0.222. The van der Waals surface area contributed by atoms with Crippen molar-refractivity contribution < 1.29 is 28.8 Å². The molecule has 3 amide bonds. The zero-order valence-electron chi connectivity index (χ0n) is 8.87. The molecular weight excluding hydrogens is 246 g/mol. The van der Waals surface area contributed by atoms with E-state index in [1.165, 1.54) is 0 Å². The Morgan fingerprint density at radius 2 is 1.94 bits per heavy atom. The highest BCUT2D eigenvalue weighted by atomic mass is 16.5. The minimum atomic E-state index is -1.37. The van der Waals surface area contributed by atoms with Gasteiger partial charge >= 0.3 is 5.97 Å². The summed E-state index contributed by atoms with van der Waals surface area (Å²) in [7, 11) is 0. The molecule has 94 valence electrons. The molecule has 1 aliphatic rings. The molecule has 1 aromatic rings. The molecule has 2 heterocycles. The number of hydrogen-bond acceptors (Lipinski definition) is 6. The molecule has 0 bridgehead atoms. The number of aromatic carboxylic acids is 1. The second-order valence-corrected chi connectivity index (χ2v) is 3.51. The summed E-state index contributed by atoms with van der Waals surface area (Å²) in [5.41, 5.74) is -0.269. The Balaban J connectivity index is 2.17. The number of amides is 3. The van der Waals surface area contributed by atoms with Crippen molar-refractivity contribution in [1.82, 2.24) is 15.4 Å². The normalized spacial score (nSPS) is 15.4. The van der Waals surface area contributed by atoms with Crippen molar-refractivity contribution in [2.24, 2.45) is 0 Å². The zero-order chi connectivity index (χ0) is 13.3. The van der Waals surface area contributed by atoms with Gasteiger partial charge in [0, 0.05) is 6.07 Å². The second-order valence-electron chi connectivity index (χ2n) is 3.51. The summed E-state index contributed by atoms with van der Waals surface area (Å²) in [6.45, 7) is -0.584. The minimum absolute atomic E-state index is 0.269. The van der Waals surface area contributed by atoms with Crippen LogP contribution in [0.3, 0.4) is 0 Å². The molecule has 0 atom stereocenters. The first kappa shape index (κ1) is 11.8. The van der Waals surface area contributed by atoms with Crippen LogP contribution in [0.15, 0.2) is 10.6 Å². The average Bonchev–Trinajstić information content (AvgIpc) is 2.75. The van der Waals surface area contributed by atoms with Crippen LogP contribution in [0.5, 0.6) is 0 Å². The molecular formula is C9H7N3O6. The molecule has 9 nitrogen and oxygen atoms in total. The molecule has 1 aliphatic heterocycles. The first-order valence-corrected chi connectivity index (χ1v) is 4.79. The van der Waals surface area contributed by atoms with Crippen LogP contribution < -0.4 is 5.32 Å². The third-order valence-electron chi connectivity index (χ3n) is 2.18. The maximum Gasteiger partial charge on any atom is 0.374 e. The number of aromatic nitrogens is 1. The van der Waals surface area contributed by atoms with Gasteiger partial charge < -0.3 is 14.5 Å². The number of hydrogen-bond donors (Lipinski definition) is 2. The maximum absolute atomic E-state index is 11.8.